The second-order valence-electron chi connectivity index (χ2n) is 2.60. The van der Waals surface area contributed by atoms with E-state index < -0.39 is 12.8 Å². The number of nitrogens with zero attached hydrogens (tertiary/aromatic N) is 2. The lowest BCUT2D eigenvalue weighted by atomic mass is 10.4. The number of nitriles is 1. The first kappa shape index (κ1) is 13.1. The Morgan fingerprint density at radius 2 is 2.25 bits per heavy atom. The van der Waals surface area contributed by atoms with Crippen molar-refractivity contribution in [3.05, 3.63) is 5.56 Å². The molecule has 0 radical (unpaired) electrons. The zero-order valence-electron chi connectivity index (χ0n) is 8.17. The molecule has 3 nitrogen and oxygen atoms in total. The van der Waals surface area contributed by atoms with E-state index in [1.54, 1.807) is 6.07 Å². The Balaban J connectivity index is 2.78. The molecule has 1 aromatic rings. The predicted octanol–water partition coefficient (Wildman–Crippen LogP) is 3.07. The van der Waals surface area contributed by atoms with Gasteiger partial charge in [-0.1, -0.05) is 6.92 Å². The van der Waals surface area contributed by atoms with Gasteiger partial charge in [0.25, 0.3) is 0 Å². The van der Waals surface area contributed by atoms with Crippen LogP contribution in [0.15, 0.2) is 4.21 Å². The van der Waals surface area contributed by atoms with Crippen molar-refractivity contribution >= 4 is 23.3 Å². The highest BCUT2D eigenvalue weighted by Gasteiger charge is 2.30. The van der Waals surface area contributed by atoms with E-state index in [2.05, 4.69) is 9.11 Å². The van der Waals surface area contributed by atoms with Gasteiger partial charge in [-0.05, 0) is 17.3 Å². The molecule has 0 saturated carbocycles. The summed E-state index contributed by atoms with van der Waals surface area (Å²) in [6.45, 7) is 0.448. The number of alkyl halides is 3. The first-order chi connectivity index (χ1) is 7.48. The summed E-state index contributed by atoms with van der Waals surface area (Å²) in [5.74, 6) is 0.482. The predicted molar refractivity (Wildman–Crippen MR) is 54.8 cm³/mol. The van der Waals surface area contributed by atoms with Crippen LogP contribution in [0.2, 0.25) is 0 Å². The highest BCUT2D eigenvalue weighted by Crippen LogP contribution is 2.33. The number of ether oxygens (including phenoxy) is 1. The van der Waals surface area contributed by atoms with E-state index in [1.165, 1.54) is 11.8 Å². The third kappa shape index (κ3) is 3.57. The van der Waals surface area contributed by atoms with E-state index in [9.17, 15) is 13.2 Å². The molecule has 1 aromatic heterocycles. The molecule has 0 aliphatic rings. The van der Waals surface area contributed by atoms with Crippen LogP contribution in [0.1, 0.15) is 12.5 Å². The summed E-state index contributed by atoms with van der Waals surface area (Å²) in [5.41, 5.74) is 0.0844. The quantitative estimate of drug-likeness (QED) is 0.787. The first-order valence-corrected chi connectivity index (χ1v) is 5.96. The van der Waals surface area contributed by atoms with Crippen LogP contribution in [0.4, 0.5) is 13.2 Å². The minimum atomic E-state index is -4.42. The number of thioether (sulfide) groups is 1. The molecule has 16 heavy (non-hydrogen) atoms. The van der Waals surface area contributed by atoms with Crippen LogP contribution in [0.25, 0.3) is 0 Å². The minimum Gasteiger partial charge on any atom is -0.466 e. The highest BCUT2D eigenvalue weighted by molar-refractivity contribution is 8.01. The van der Waals surface area contributed by atoms with Gasteiger partial charge in [-0.15, -0.1) is 11.8 Å². The van der Waals surface area contributed by atoms with Gasteiger partial charge in [-0.2, -0.15) is 22.8 Å². The Hall–Kier alpha value is -0.940. The zero-order valence-corrected chi connectivity index (χ0v) is 9.80. The van der Waals surface area contributed by atoms with Gasteiger partial charge in [-0.3, -0.25) is 0 Å². The van der Waals surface area contributed by atoms with E-state index in [-0.39, 0.29) is 11.4 Å². The second-order valence-corrected chi connectivity index (χ2v) is 4.90. The molecule has 1 heterocycles. The van der Waals surface area contributed by atoms with Crippen LogP contribution in [0, 0.1) is 11.3 Å². The smallest absolute Gasteiger partial charge is 0.422 e. The maximum atomic E-state index is 11.9. The Morgan fingerprint density at radius 1 is 1.56 bits per heavy atom. The van der Waals surface area contributed by atoms with Crippen LogP contribution in [-0.4, -0.2) is 22.9 Å². The number of hydrogen-bond acceptors (Lipinski definition) is 5. The van der Waals surface area contributed by atoms with Crippen molar-refractivity contribution in [1.29, 1.82) is 5.26 Å². The van der Waals surface area contributed by atoms with Crippen molar-refractivity contribution in [2.45, 2.75) is 17.3 Å². The van der Waals surface area contributed by atoms with Gasteiger partial charge in [0.2, 0.25) is 5.88 Å². The van der Waals surface area contributed by atoms with Gasteiger partial charge >= 0.3 is 6.18 Å². The summed E-state index contributed by atoms with van der Waals surface area (Å²) in [4.78, 5) is 0. The molecule has 0 N–H and O–H groups in total. The highest BCUT2D eigenvalue weighted by atomic mass is 32.2. The second kappa shape index (κ2) is 5.41. The van der Waals surface area contributed by atoms with Gasteiger partial charge in [0, 0.05) is 0 Å². The third-order valence-corrected chi connectivity index (χ3v) is 3.35. The number of hydrogen-bond donors (Lipinski definition) is 0. The SMILES string of the molecule is CCSc1snc(OCC(F)(F)F)c1C#N. The minimum absolute atomic E-state index is 0.0844. The van der Waals surface area contributed by atoms with Crippen LogP contribution >= 0.6 is 23.3 Å². The maximum Gasteiger partial charge on any atom is 0.422 e. The van der Waals surface area contributed by atoms with Crippen LogP contribution in [0.5, 0.6) is 5.88 Å². The lowest BCUT2D eigenvalue weighted by molar-refractivity contribution is -0.154. The molecule has 0 saturated heterocycles. The summed E-state index contributed by atoms with van der Waals surface area (Å²) < 4.78 is 44.4. The molecule has 0 aliphatic heterocycles. The number of aromatic nitrogens is 1. The molecule has 0 unspecified atom stereocenters. The van der Waals surface area contributed by atoms with Gasteiger partial charge in [0.15, 0.2) is 6.61 Å². The van der Waals surface area contributed by atoms with E-state index in [0.29, 0.717) is 4.21 Å². The molecule has 1 rings (SSSR count). The Kier molecular flexibility index (Phi) is 4.44. The average Bonchev–Trinajstić information content (AvgIpc) is 2.57. The fourth-order valence-corrected chi connectivity index (χ4v) is 2.58. The van der Waals surface area contributed by atoms with Crippen molar-refractivity contribution in [3.63, 3.8) is 0 Å². The molecule has 0 aromatic carbocycles. The maximum absolute atomic E-state index is 11.9. The van der Waals surface area contributed by atoms with Crippen molar-refractivity contribution in [2.75, 3.05) is 12.4 Å². The van der Waals surface area contributed by atoms with Gasteiger partial charge in [0.1, 0.15) is 15.8 Å². The molecule has 0 spiro atoms. The fourth-order valence-electron chi connectivity index (χ4n) is 0.833. The van der Waals surface area contributed by atoms with E-state index in [4.69, 9.17) is 5.26 Å². The van der Waals surface area contributed by atoms with E-state index >= 15 is 0 Å². The van der Waals surface area contributed by atoms with Gasteiger partial charge < -0.3 is 4.74 Å². The molecule has 0 amide bonds. The molecular formula is C8H7F3N2OS2. The topological polar surface area (TPSA) is 45.9 Å². The molecule has 0 atom stereocenters. The fraction of sp³-hybridized carbons (Fsp3) is 0.500. The molecule has 8 heteroatoms. The third-order valence-electron chi connectivity index (χ3n) is 1.39. The van der Waals surface area contributed by atoms with Crippen LogP contribution in [0.3, 0.4) is 0 Å². The largest absolute Gasteiger partial charge is 0.466 e. The van der Waals surface area contributed by atoms with E-state index in [1.807, 2.05) is 6.92 Å². The Morgan fingerprint density at radius 3 is 2.75 bits per heavy atom. The Labute approximate surface area is 98.4 Å². The summed E-state index contributed by atoms with van der Waals surface area (Å²) in [5, 5.41) is 8.79. The van der Waals surface area contributed by atoms with Gasteiger partial charge in [-0.25, -0.2) is 0 Å². The lowest BCUT2D eigenvalue weighted by Gasteiger charge is -2.06. The van der Waals surface area contributed by atoms with Crippen LogP contribution < -0.4 is 4.74 Å². The monoisotopic (exact) mass is 268 g/mol. The van der Waals surface area contributed by atoms with Crippen molar-refractivity contribution < 1.29 is 17.9 Å². The zero-order chi connectivity index (χ0) is 12.2. The van der Waals surface area contributed by atoms with Gasteiger partial charge in [0.05, 0.1) is 0 Å². The lowest BCUT2D eigenvalue weighted by Crippen LogP contribution is -2.19. The molecule has 88 valence electrons. The van der Waals surface area contributed by atoms with E-state index in [0.717, 1.165) is 17.3 Å². The number of halogens is 3. The molecule has 0 bridgehead atoms. The summed E-state index contributed by atoms with van der Waals surface area (Å²) >= 11 is 2.33. The number of rotatable bonds is 4. The molecule has 0 fully saturated rings. The first-order valence-electron chi connectivity index (χ1n) is 4.20. The molecule has 0 aliphatic carbocycles. The summed E-state index contributed by atoms with van der Waals surface area (Å²) in [7, 11) is 0. The summed E-state index contributed by atoms with van der Waals surface area (Å²) in [6.07, 6.45) is -4.42. The standard InChI is InChI=1S/C8H7F3N2OS2/c1-2-15-7-5(3-12)6(13-16-7)14-4-8(9,10)11/h2,4H2,1H3. The summed E-state index contributed by atoms with van der Waals surface area (Å²) in [6, 6.07) is 1.80. The normalized spacial score (nSPS) is 11.2. The Bertz CT molecular complexity index is 397. The van der Waals surface area contributed by atoms with Crippen molar-refractivity contribution in [1.82, 2.24) is 4.37 Å². The van der Waals surface area contributed by atoms with Crippen molar-refractivity contribution in [2.24, 2.45) is 0 Å². The average molecular weight is 268 g/mol. The van der Waals surface area contributed by atoms with Crippen LogP contribution in [-0.2, 0) is 0 Å². The molecular weight excluding hydrogens is 261 g/mol. The van der Waals surface area contributed by atoms with Crippen molar-refractivity contribution in [3.8, 4) is 11.9 Å².